The summed E-state index contributed by atoms with van der Waals surface area (Å²) in [7, 11) is 0. The van der Waals surface area contributed by atoms with Gasteiger partial charge in [0.15, 0.2) is 5.76 Å². The molecule has 2 heterocycles. The molecular formula is C24H26N2O3. The second-order valence-corrected chi connectivity index (χ2v) is 7.74. The first-order valence-corrected chi connectivity index (χ1v) is 10.2. The number of carbonyl (C=O) groups is 1. The lowest BCUT2D eigenvalue weighted by atomic mass is 9.89. The topological polar surface area (TPSA) is 66.6 Å². The lowest BCUT2D eigenvalue weighted by Crippen LogP contribution is -2.39. The van der Waals surface area contributed by atoms with Gasteiger partial charge in [0, 0.05) is 18.7 Å². The summed E-state index contributed by atoms with van der Waals surface area (Å²) in [6.45, 7) is 3.00. The molecule has 1 amide bonds. The summed E-state index contributed by atoms with van der Waals surface area (Å²) in [6, 6.07) is 20.0. The van der Waals surface area contributed by atoms with Crippen molar-refractivity contribution in [1.82, 2.24) is 10.1 Å². The quantitative estimate of drug-likeness (QED) is 0.697. The summed E-state index contributed by atoms with van der Waals surface area (Å²) in [4.78, 5) is 15.2. The van der Waals surface area contributed by atoms with Gasteiger partial charge in [-0.15, -0.1) is 0 Å². The van der Waals surface area contributed by atoms with Crippen LogP contribution < -0.4 is 0 Å². The minimum Gasteiger partial charge on any atom is -0.385 e. The fourth-order valence-corrected chi connectivity index (χ4v) is 4.03. The molecule has 3 aromatic rings. The molecule has 1 saturated heterocycles. The van der Waals surface area contributed by atoms with Gasteiger partial charge in [-0.3, -0.25) is 4.79 Å². The van der Waals surface area contributed by atoms with Gasteiger partial charge in [0.1, 0.15) is 17.4 Å². The molecular weight excluding hydrogens is 364 g/mol. The number of piperidine rings is 1. The zero-order chi connectivity index (χ0) is 20.2. The van der Waals surface area contributed by atoms with Crippen LogP contribution in [0, 0.1) is 5.92 Å². The summed E-state index contributed by atoms with van der Waals surface area (Å²) in [5, 5.41) is 14.2. The first-order chi connectivity index (χ1) is 14.1. The Labute approximate surface area is 171 Å². The number of rotatable bonds is 5. The number of likely N-dealkylation sites (tertiary alicyclic amines) is 1. The van der Waals surface area contributed by atoms with Crippen molar-refractivity contribution in [3.8, 4) is 11.3 Å². The van der Waals surface area contributed by atoms with Gasteiger partial charge in [-0.2, -0.15) is 0 Å². The number of aliphatic hydroxyl groups is 1. The molecule has 5 nitrogen and oxygen atoms in total. The molecule has 29 heavy (non-hydrogen) atoms. The second-order valence-electron chi connectivity index (χ2n) is 7.74. The van der Waals surface area contributed by atoms with Crippen LogP contribution in [0.25, 0.3) is 11.3 Å². The predicted molar refractivity (Wildman–Crippen MR) is 111 cm³/mol. The van der Waals surface area contributed by atoms with E-state index < -0.39 is 6.10 Å². The lowest BCUT2D eigenvalue weighted by molar-refractivity contribution is 0.0680. The summed E-state index contributed by atoms with van der Waals surface area (Å²) in [5.41, 5.74) is 3.04. The third-order valence-electron chi connectivity index (χ3n) is 5.63. The minimum atomic E-state index is -0.894. The lowest BCUT2D eigenvalue weighted by Gasteiger charge is -2.32. The van der Waals surface area contributed by atoms with Crippen LogP contribution in [0.1, 0.15) is 47.6 Å². The largest absolute Gasteiger partial charge is 0.385 e. The van der Waals surface area contributed by atoms with Crippen molar-refractivity contribution in [3.05, 3.63) is 77.6 Å². The van der Waals surface area contributed by atoms with Gasteiger partial charge in [-0.05, 0) is 37.7 Å². The smallest absolute Gasteiger partial charge is 0.259 e. The number of nitrogens with zero attached hydrogens (tertiary/aromatic N) is 2. The van der Waals surface area contributed by atoms with E-state index in [0.717, 1.165) is 24.8 Å². The van der Waals surface area contributed by atoms with Gasteiger partial charge in [-0.25, -0.2) is 0 Å². The van der Waals surface area contributed by atoms with E-state index in [2.05, 4.69) is 29.4 Å². The number of hydrogen-bond acceptors (Lipinski definition) is 4. The van der Waals surface area contributed by atoms with Crippen molar-refractivity contribution in [2.75, 3.05) is 13.1 Å². The number of amides is 1. The molecule has 2 aromatic carbocycles. The van der Waals surface area contributed by atoms with Crippen molar-refractivity contribution in [2.45, 2.75) is 32.3 Å². The molecule has 1 aromatic heterocycles. The molecule has 0 saturated carbocycles. The van der Waals surface area contributed by atoms with Crippen molar-refractivity contribution in [2.24, 2.45) is 5.92 Å². The normalized spacial score (nSPS) is 16.0. The summed E-state index contributed by atoms with van der Waals surface area (Å²) in [5.74, 6) is 0.702. The first kappa shape index (κ1) is 19.4. The van der Waals surface area contributed by atoms with Gasteiger partial charge in [0.05, 0.1) is 0 Å². The fourth-order valence-electron chi connectivity index (χ4n) is 4.03. The molecule has 1 aliphatic rings. The van der Waals surface area contributed by atoms with Crippen molar-refractivity contribution < 1.29 is 14.4 Å². The highest BCUT2D eigenvalue weighted by Crippen LogP contribution is 2.31. The van der Waals surface area contributed by atoms with Crippen LogP contribution in [0.5, 0.6) is 0 Å². The SMILES string of the molecule is CC(O)c1onc(-c2ccccc2)c1C(=O)N1CCC(Cc2ccccc2)CC1. The summed E-state index contributed by atoms with van der Waals surface area (Å²) in [6.07, 6.45) is 2.09. The van der Waals surface area contributed by atoms with Gasteiger partial charge < -0.3 is 14.5 Å². The van der Waals surface area contributed by atoms with E-state index in [1.165, 1.54) is 5.56 Å². The van der Waals surface area contributed by atoms with Gasteiger partial charge in [-0.1, -0.05) is 65.8 Å². The fraction of sp³-hybridized carbons (Fsp3) is 0.333. The average Bonchev–Trinajstić information content (AvgIpc) is 3.21. The Bertz CT molecular complexity index is 943. The molecule has 4 rings (SSSR count). The number of aliphatic hydroxyl groups excluding tert-OH is 1. The van der Waals surface area contributed by atoms with Crippen LogP contribution in [0.4, 0.5) is 0 Å². The van der Waals surface area contributed by atoms with Crippen LogP contribution >= 0.6 is 0 Å². The Morgan fingerprint density at radius 1 is 1.10 bits per heavy atom. The maximum Gasteiger partial charge on any atom is 0.259 e. The Morgan fingerprint density at radius 2 is 1.72 bits per heavy atom. The van der Waals surface area contributed by atoms with Crippen LogP contribution in [0.2, 0.25) is 0 Å². The molecule has 0 spiro atoms. The van der Waals surface area contributed by atoms with Crippen molar-refractivity contribution in [3.63, 3.8) is 0 Å². The molecule has 0 radical (unpaired) electrons. The zero-order valence-corrected chi connectivity index (χ0v) is 16.6. The highest BCUT2D eigenvalue weighted by Gasteiger charge is 2.31. The molecule has 0 bridgehead atoms. The maximum absolute atomic E-state index is 13.4. The standard InChI is InChI=1S/C24H26N2O3/c1-17(27)23-21(22(25-29-23)20-10-6-3-7-11-20)24(28)26-14-12-19(13-15-26)16-18-8-4-2-5-9-18/h2-11,17,19,27H,12-16H2,1H3. The first-order valence-electron chi connectivity index (χ1n) is 10.2. The Morgan fingerprint density at radius 3 is 2.34 bits per heavy atom. The minimum absolute atomic E-state index is 0.112. The number of benzene rings is 2. The van der Waals surface area contributed by atoms with E-state index in [9.17, 15) is 9.90 Å². The van der Waals surface area contributed by atoms with Gasteiger partial charge >= 0.3 is 0 Å². The van der Waals surface area contributed by atoms with E-state index in [1.54, 1.807) is 6.92 Å². The van der Waals surface area contributed by atoms with E-state index >= 15 is 0 Å². The molecule has 1 unspecified atom stereocenters. The molecule has 1 N–H and O–H groups in total. The zero-order valence-electron chi connectivity index (χ0n) is 16.6. The molecule has 5 heteroatoms. The predicted octanol–water partition coefficient (Wildman–Crippen LogP) is 4.49. The van der Waals surface area contributed by atoms with Gasteiger partial charge in [0.2, 0.25) is 0 Å². The highest BCUT2D eigenvalue weighted by atomic mass is 16.5. The number of carbonyl (C=O) groups excluding carboxylic acids is 1. The maximum atomic E-state index is 13.4. The van der Waals surface area contributed by atoms with Crippen molar-refractivity contribution >= 4 is 5.91 Å². The third kappa shape index (κ3) is 4.25. The molecule has 0 aliphatic carbocycles. The van der Waals surface area contributed by atoms with E-state index in [4.69, 9.17) is 4.52 Å². The molecule has 1 fully saturated rings. The molecule has 150 valence electrons. The van der Waals surface area contributed by atoms with E-state index in [0.29, 0.717) is 30.3 Å². The Hall–Kier alpha value is -2.92. The van der Waals surface area contributed by atoms with Crippen LogP contribution in [-0.2, 0) is 6.42 Å². The van der Waals surface area contributed by atoms with Crippen LogP contribution in [-0.4, -0.2) is 34.2 Å². The molecule has 1 atom stereocenters. The third-order valence-corrected chi connectivity index (χ3v) is 5.63. The Balaban J connectivity index is 1.51. The van der Waals surface area contributed by atoms with Crippen molar-refractivity contribution in [1.29, 1.82) is 0 Å². The van der Waals surface area contributed by atoms with Crippen LogP contribution in [0.15, 0.2) is 65.2 Å². The van der Waals surface area contributed by atoms with E-state index in [1.807, 2.05) is 41.3 Å². The van der Waals surface area contributed by atoms with Gasteiger partial charge in [0.25, 0.3) is 5.91 Å². The van der Waals surface area contributed by atoms with Crippen LogP contribution in [0.3, 0.4) is 0 Å². The Kier molecular flexibility index (Phi) is 5.76. The average molecular weight is 390 g/mol. The highest BCUT2D eigenvalue weighted by molar-refractivity contribution is 6.01. The summed E-state index contributed by atoms with van der Waals surface area (Å²) < 4.78 is 5.38. The summed E-state index contributed by atoms with van der Waals surface area (Å²) >= 11 is 0. The number of aromatic nitrogens is 1. The number of hydrogen-bond donors (Lipinski definition) is 1. The monoisotopic (exact) mass is 390 g/mol. The molecule has 1 aliphatic heterocycles. The second kappa shape index (κ2) is 8.62. The van der Waals surface area contributed by atoms with E-state index in [-0.39, 0.29) is 11.7 Å².